The van der Waals surface area contributed by atoms with E-state index in [1.165, 1.54) is 32.9 Å². The summed E-state index contributed by atoms with van der Waals surface area (Å²) in [5, 5.41) is 2.51. The van der Waals surface area contributed by atoms with Gasteiger partial charge in [0.2, 0.25) is 0 Å². The molecule has 0 saturated carbocycles. The van der Waals surface area contributed by atoms with Gasteiger partial charge in [0.25, 0.3) is 0 Å². The maximum absolute atomic E-state index is 5.01. The molecule has 4 heteroatoms. The lowest BCUT2D eigenvalue weighted by Gasteiger charge is -2.12. The molecule has 43 heavy (non-hydrogen) atoms. The van der Waals surface area contributed by atoms with Crippen molar-refractivity contribution >= 4 is 21.8 Å². The molecule has 8 rings (SSSR count). The zero-order chi connectivity index (χ0) is 28.6. The smallest absolute Gasteiger partial charge is 0.160 e. The van der Waals surface area contributed by atoms with Crippen LogP contribution in [0.5, 0.6) is 0 Å². The van der Waals surface area contributed by atoms with Gasteiger partial charge in [0.05, 0.1) is 22.4 Å². The van der Waals surface area contributed by atoms with E-state index in [1.54, 1.807) is 12.4 Å². The quantitative estimate of drug-likeness (QED) is 0.214. The first kappa shape index (κ1) is 24.9. The van der Waals surface area contributed by atoms with Gasteiger partial charge in [0.1, 0.15) is 0 Å². The van der Waals surface area contributed by atoms with E-state index in [0.29, 0.717) is 5.82 Å². The zero-order valence-electron chi connectivity index (χ0n) is 23.3. The average Bonchev–Trinajstić information content (AvgIpc) is 3.43. The Kier molecular flexibility index (Phi) is 6.08. The number of nitrogens with zero attached hydrogens (tertiary/aromatic N) is 4. The van der Waals surface area contributed by atoms with Crippen LogP contribution in [-0.4, -0.2) is 19.5 Å². The highest BCUT2D eigenvalue weighted by atomic mass is 15.0. The first-order valence-electron chi connectivity index (χ1n) is 14.4. The van der Waals surface area contributed by atoms with Crippen LogP contribution in [0, 0.1) is 0 Å². The van der Waals surface area contributed by atoms with Gasteiger partial charge in [-0.3, -0.25) is 4.98 Å². The number of hydrogen-bond acceptors (Lipinski definition) is 3. The summed E-state index contributed by atoms with van der Waals surface area (Å²) in [7, 11) is 0. The van der Waals surface area contributed by atoms with Crippen molar-refractivity contribution in [2.75, 3.05) is 0 Å². The Morgan fingerprint density at radius 1 is 0.395 bits per heavy atom. The van der Waals surface area contributed by atoms with Gasteiger partial charge in [-0.1, -0.05) is 103 Å². The summed E-state index contributed by atoms with van der Waals surface area (Å²) in [5.41, 5.74) is 10.6. The second kappa shape index (κ2) is 10.5. The van der Waals surface area contributed by atoms with Crippen LogP contribution in [0.4, 0.5) is 0 Å². The topological polar surface area (TPSA) is 43.6 Å². The largest absolute Gasteiger partial charge is 0.309 e. The molecule has 5 aromatic carbocycles. The molecule has 0 fully saturated rings. The van der Waals surface area contributed by atoms with E-state index >= 15 is 0 Å². The molecule has 0 aliphatic heterocycles. The molecule has 202 valence electrons. The van der Waals surface area contributed by atoms with Crippen LogP contribution in [0.3, 0.4) is 0 Å². The number of benzene rings is 5. The summed E-state index contributed by atoms with van der Waals surface area (Å²) in [6, 6.07) is 50.8. The third kappa shape index (κ3) is 4.55. The van der Waals surface area contributed by atoms with Gasteiger partial charge in [0.15, 0.2) is 5.82 Å². The molecule has 3 aromatic heterocycles. The second-order valence-corrected chi connectivity index (χ2v) is 10.6. The molecule has 8 aromatic rings. The second-order valence-electron chi connectivity index (χ2n) is 10.6. The van der Waals surface area contributed by atoms with Crippen LogP contribution in [-0.2, 0) is 0 Å². The molecule has 4 nitrogen and oxygen atoms in total. The van der Waals surface area contributed by atoms with Gasteiger partial charge in [0, 0.05) is 45.5 Å². The maximum atomic E-state index is 5.01. The molecule has 0 aliphatic rings. The molecule has 0 spiro atoms. The lowest BCUT2D eigenvalue weighted by Crippen LogP contribution is -1.97. The summed E-state index contributed by atoms with van der Waals surface area (Å²) in [6.07, 6.45) is 3.56. The number of fused-ring (bicyclic) bond motifs is 3. The number of para-hydroxylation sites is 2. The van der Waals surface area contributed by atoms with Crippen LogP contribution in [0.15, 0.2) is 158 Å². The van der Waals surface area contributed by atoms with Gasteiger partial charge in [-0.15, -0.1) is 0 Å². The Morgan fingerprint density at radius 3 is 1.49 bits per heavy atom. The average molecular weight is 551 g/mol. The maximum Gasteiger partial charge on any atom is 0.160 e. The summed E-state index contributed by atoms with van der Waals surface area (Å²) in [6.45, 7) is 0. The SMILES string of the molecule is c1ccc(-c2ccc(-c3cc(-c4ccc(-n5c6ccccc6c6ccccc65)cc4)nc(-c4ccncc4)n3)cc2)cc1. The van der Waals surface area contributed by atoms with Gasteiger partial charge < -0.3 is 4.57 Å². The van der Waals surface area contributed by atoms with E-state index in [4.69, 9.17) is 9.97 Å². The standard InChI is InChI=1S/C39H26N4/c1-2-8-27(9-3-1)28-14-16-29(17-15-28)35-26-36(42-39(41-35)31-22-24-40-25-23-31)30-18-20-32(21-19-30)43-37-12-6-4-10-33(37)34-11-5-7-13-38(34)43/h1-26H. The predicted molar refractivity (Wildman–Crippen MR) is 176 cm³/mol. The lowest BCUT2D eigenvalue weighted by molar-refractivity contribution is 1.17. The van der Waals surface area contributed by atoms with Gasteiger partial charge >= 0.3 is 0 Å². The van der Waals surface area contributed by atoms with Crippen molar-refractivity contribution in [3.8, 4) is 50.7 Å². The summed E-state index contributed by atoms with van der Waals surface area (Å²) in [4.78, 5) is 14.2. The highest BCUT2D eigenvalue weighted by molar-refractivity contribution is 6.09. The van der Waals surface area contributed by atoms with Gasteiger partial charge in [-0.2, -0.15) is 0 Å². The van der Waals surface area contributed by atoms with Crippen molar-refractivity contribution < 1.29 is 0 Å². The molecule has 0 N–H and O–H groups in total. The number of aromatic nitrogens is 4. The molecule has 0 bridgehead atoms. The van der Waals surface area contributed by atoms with E-state index in [9.17, 15) is 0 Å². The van der Waals surface area contributed by atoms with E-state index in [1.807, 2.05) is 18.2 Å². The number of hydrogen-bond donors (Lipinski definition) is 0. The van der Waals surface area contributed by atoms with E-state index < -0.39 is 0 Å². The molecule has 0 saturated heterocycles. The Balaban J connectivity index is 1.22. The van der Waals surface area contributed by atoms with Crippen molar-refractivity contribution in [3.05, 3.63) is 158 Å². The molecule has 0 aliphatic carbocycles. The minimum Gasteiger partial charge on any atom is -0.309 e. The highest BCUT2D eigenvalue weighted by Crippen LogP contribution is 2.33. The third-order valence-electron chi connectivity index (χ3n) is 7.95. The Labute approximate surface area is 249 Å². The molecule has 0 unspecified atom stereocenters. The highest BCUT2D eigenvalue weighted by Gasteiger charge is 2.14. The van der Waals surface area contributed by atoms with Crippen LogP contribution in [0.25, 0.3) is 72.5 Å². The Bertz CT molecular complexity index is 2150. The molecule has 0 radical (unpaired) electrons. The van der Waals surface area contributed by atoms with Crippen molar-refractivity contribution in [3.63, 3.8) is 0 Å². The Hall–Kier alpha value is -5.87. The van der Waals surface area contributed by atoms with Crippen LogP contribution in [0.1, 0.15) is 0 Å². The number of pyridine rings is 1. The van der Waals surface area contributed by atoms with E-state index in [0.717, 1.165) is 33.8 Å². The van der Waals surface area contributed by atoms with Crippen LogP contribution in [0.2, 0.25) is 0 Å². The third-order valence-corrected chi connectivity index (χ3v) is 7.95. The summed E-state index contributed by atoms with van der Waals surface area (Å²) < 4.78 is 2.33. The summed E-state index contributed by atoms with van der Waals surface area (Å²) >= 11 is 0. The fraction of sp³-hybridized carbons (Fsp3) is 0. The van der Waals surface area contributed by atoms with Crippen molar-refractivity contribution in [2.45, 2.75) is 0 Å². The minimum atomic E-state index is 0.675. The van der Waals surface area contributed by atoms with Crippen molar-refractivity contribution in [2.24, 2.45) is 0 Å². The van der Waals surface area contributed by atoms with Crippen molar-refractivity contribution in [1.29, 1.82) is 0 Å². The molecule has 0 amide bonds. The molecule has 0 atom stereocenters. The normalized spacial score (nSPS) is 11.3. The lowest BCUT2D eigenvalue weighted by atomic mass is 10.0. The molecule has 3 heterocycles. The summed E-state index contributed by atoms with van der Waals surface area (Å²) in [5.74, 6) is 0.675. The number of rotatable bonds is 5. The first-order chi connectivity index (χ1) is 21.3. The Morgan fingerprint density at radius 2 is 0.884 bits per heavy atom. The van der Waals surface area contributed by atoms with Gasteiger partial charge in [-0.25, -0.2) is 9.97 Å². The minimum absolute atomic E-state index is 0.675. The van der Waals surface area contributed by atoms with Crippen molar-refractivity contribution in [1.82, 2.24) is 19.5 Å². The fourth-order valence-corrected chi connectivity index (χ4v) is 5.82. The van der Waals surface area contributed by atoms with Gasteiger partial charge in [-0.05, 0) is 53.6 Å². The van der Waals surface area contributed by atoms with E-state index in [-0.39, 0.29) is 0 Å². The molecular weight excluding hydrogens is 524 g/mol. The van der Waals surface area contributed by atoms with Crippen LogP contribution >= 0.6 is 0 Å². The monoisotopic (exact) mass is 550 g/mol. The zero-order valence-corrected chi connectivity index (χ0v) is 23.3. The molecular formula is C39H26N4. The van der Waals surface area contributed by atoms with Crippen LogP contribution < -0.4 is 0 Å². The van der Waals surface area contributed by atoms with E-state index in [2.05, 4.69) is 137 Å². The first-order valence-corrected chi connectivity index (χ1v) is 14.4. The fourth-order valence-electron chi connectivity index (χ4n) is 5.82. The predicted octanol–water partition coefficient (Wildman–Crippen LogP) is 9.64.